The van der Waals surface area contributed by atoms with Gasteiger partial charge in [-0.1, -0.05) is 0 Å². The van der Waals surface area contributed by atoms with E-state index >= 15 is 0 Å². The molecule has 3 N–H and O–H groups in total. The van der Waals surface area contributed by atoms with Crippen LogP contribution in [0.15, 0.2) is 12.1 Å². The molecular formula is C14H24N2O2. The van der Waals surface area contributed by atoms with Gasteiger partial charge in [-0.15, -0.1) is 0 Å². The zero-order chi connectivity index (χ0) is 13.9. The van der Waals surface area contributed by atoms with Crippen LogP contribution in [0.2, 0.25) is 0 Å². The molecule has 0 aliphatic heterocycles. The van der Waals surface area contributed by atoms with Gasteiger partial charge in [0.2, 0.25) is 0 Å². The molecule has 1 atom stereocenters. The van der Waals surface area contributed by atoms with Crippen molar-refractivity contribution in [3.8, 4) is 11.5 Å². The molecule has 1 unspecified atom stereocenters. The fourth-order valence-corrected chi connectivity index (χ4v) is 2.24. The number of ether oxygens (including phenoxy) is 2. The highest BCUT2D eigenvalue weighted by Crippen LogP contribution is 2.35. The number of nitrogens with one attached hydrogen (secondary N) is 1. The molecule has 0 spiro atoms. The average Bonchev–Trinajstić information content (AvgIpc) is 2.29. The SMILES string of the molecule is CNC(c1cc(OC)c(OC)cc1C)C(C)(C)N. The normalized spacial score (nSPS) is 13.3. The van der Waals surface area contributed by atoms with Crippen molar-refractivity contribution in [3.63, 3.8) is 0 Å². The molecule has 102 valence electrons. The third kappa shape index (κ3) is 2.94. The number of aryl methyl sites for hydroxylation is 1. The Morgan fingerprint density at radius 1 is 1.17 bits per heavy atom. The summed E-state index contributed by atoms with van der Waals surface area (Å²) in [7, 11) is 5.19. The zero-order valence-electron chi connectivity index (χ0n) is 12.1. The van der Waals surface area contributed by atoms with Crippen molar-refractivity contribution in [2.24, 2.45) is 5.73 Å². The first kappa shape index (κ1) is 14.8. The van der Waals surface area contributed by atoms with Crippen molar-refractivity contribution < 1.29 is 9.47 Å². The Kier molecular flexibility index (Phi) is 4.59. The molecule has 18 heavy (non-hydrogen) atoms. The predicted molar refractivity (Wildman–Crippen MR) is 74.4 cm³/mol. The third-order valence-corrected chi connectivity index (χ3v) is 3.12. The summed E-state index contributed by atoms with van der Waals surface area (Å²) in [5.74, 6) is 1.46. The zero-order valence-corrected chi connectivity index (χ0v) is 12.1. The summed E-state index contributed by atoms with van der Waals surface area (Å²) >= 11 is 0. The smallest absolute Gasteiger partial charge is 0.161 e. The van der Waals surface area contributed by atoms with Crippen LogP contribution < -0.4 is 20.5 Å². The van der Waals surface area contributed by atoms with E-state index in [-0.39, 0.29) is 11.6 Å². The van der Waals surface area contributed by atoms with Gasteiger partial charge in [0.05, 0.1) is 14.2 Å². The minimum Gasteiger partial charge on any atom is -0.493 e. The van der Waals surface area contributed by atoms with E-state index in [0.717, 1.165) is 22.6 Å². The molecule has 1 aromatic carbocycles. The number of rotatable bonds is 5. The molecule has 1 rings (SSSR count). The van der Waals surface area contributed by atoms with Gasteiger partial charge in [0.25, 0.3) is 0 Å². The van der Waals surface area contributed by atoms with E-state index in [1.165, 1.54) is 0 Å². The predicted octanol–water partition coefficient (Wildman–Crippen LogP) is 2.01. The lowest BCUT2D eigenvalue weighted by atomic mass is 9.87. The second kappa shape index (κ2) is 5.59. The van der Waals surface area contributed by atoms with Crippen molar-refractivity contribution in [2.75, 3.05) is 21.3 Å². The van der Waals surface area contributed by atoms with Gasteiger partial charge in [-0.25, -0.2) is 0 Å². The van der Waals surface area contributed by atoms with Crippen LogP contribution in [0.1, 0.15) is 31.0 Å². The van der Waals surface area contributed by atoms with Crippen molar-refractivity contribution in [3.05, 3.63) is 23.3 Å². The monoisotopic (exact) mass is 252 g/mol. The van der Waals surface area contributed by atoms with E-state index in [2.05, 4.69) is 5.32 Å². The summed E-state index contributed by atoms with van der Waals surface area (Å²) in [6, 6.07) is 4.02. The maximum Gasteiger partial charge on any atom is 0.161 e. The van der Waals surface area contributed by atoms with Gasteiger partial charge in [-0.3, -0.25) is 0 Å². The Bertz CT molecular complexity index is 411. The van der Waals surface area contributed by atoms with E-state index < -0.39 is 0 Å². The van der Waals surface area contributed by atoms with Crippen LogP contribution >= 0.6 is 0 Å². The van der Waals surface area contributed by atoms with E-state index in [1.807, 2.05) is 40.0 Å². The van der Waals surface area contributed by atoms with Crippen LogP contribution in [0.25, 0.3) is 0 Å². The van der Waals surface area contributed by atoms with Crippen LogP contribution in [-0.2, 0) is 0 Å². The van der Waals surface area contributed by atoms with Crippen LogP contribution in [0.5, 0.6) is 11.5 Å². The first-order valence-corrected chi connectivity index (χ1v) is 6.03. The van der Waals surface area contributed by atoms with Gasteiger partial charge in [-0.2, -0.15) is 0 Å². The van der Waals surface area contributed by atoms with E-state index in [1.54, 1.807) is 14.2 Å². The number of hydrogen-bond donors (Lipinski definition) is 2. The van der Waals surface area contributed by atoms with Gasteiger partial charge in [0, 0.05) is 11.6 Å². The number of methoxy groups -OCH3 is 2. The molecule has 0 aliphatic rings. The van der Waals surface area contributed by atoms with Crippen molar-refractivity contribution >= 4 is 0 Å². The second-order valence-corrected chi connectivity index (χ2v) is 5.11. The molecule has 0 heterocycles. The third-order valence-electron chi connectivity index (χ3n) is 3.12. The highest BCUT2D eigenvalue weighted by molar-refractivity contribution is 5.48. The van der Waals surface area contributed by atoms with Gasteiger partial charge in [0.15, 0.2) is 11.5 Å². The van der Waals surface area contributed by atoms with Crippen molar-refractivity contribution in [1.82, 2.24) is 5.32 Å². The first-order chi connectivity index (χ1) is 8.35. The number of benzene rings is 1. The topological polar surface area (TPSA) is 56.5 Å². The second-order valence-electron chi connectivity index (χ2n) is 5.11. The molecule has 4 nitrogen and oxygen atoms in total. The molecule has 0 saturated heterocycles. The van der Waals surface area contributed by atoms with Crippen LogP contribution in [0.3, 0.4) is 0 Å². The Morgan fingerprint density at radius 3 is 2.06 bits per heavy atom. The first-order valence-electron chi connectivity index (χ1n) is 6.03. The van der Waals surface area contributed by atoms with E-state index in [4.69, 9.17) is 15.2 Å². The lowest BCUT2D eigenvalue weighted by Gasteiger charge is -2.32. The maximum atomic E-state index is 6.22. The standard InChI is InChI=1S/C14H24N2O2/c1-9-7-11(17-5)12(18-6)8-10(9)13(16-4)14(2,3)15/h7-8,13,16H,15H2,1-6H3. The van der Waals surface area contributed by atoms with Gasteiger partial charge in [-0.05, 0) is 51.1 Å². The fourth-order valence-electron chi connectivity index (χ4n) is 2.24. The largest absolute Gasteiger partial charge is 0.493 e. The Morgan fingerprint density at radius 2 is 1.67 bits per heavy atom. The number of likely N-dealkylation sites (N-methyl/N-ethyl adjacent to an activating group) is 1. The number of nitrogens with two attached hydrogens (primary N) is 1. The van der Waals surface area contributed by atoms with Gasteiger partial charge >= 0.3 is 0 Å². The minimum atomic E-state index is -0.362. The molecule has 1 aromatic rings. The van der Waals surface area contributed by atoms with E-state index in [9.17, 15) is 0 Å². The van der Waals surface area contributed by atoms with Crippen molar-refractivity contribution in [1.29, 1.82) is 0 Å². The summed E-state index contributed by atoms with van der Waals surface area (Å²) in [6.07, 6.45) is 0. The molecule has 0 aromatic heterocycles. The molecule has 0 amide bonds. The molecule has 0 fully saturated rings. The maximum absolute atomic E-state index is 6.22. The average molecular weight is 252 g/mol. The van der Waals surface area contributed by atoms with Crippen LogP contribution in [0.4, 0.5) is 0 Å². The van der Waals surface area contributed by atoms with E-state index in [0.29, 0.717) is 0 Å². The quantitative estimate of drug-likeness (QED) is 0.841. The molecule has 0 aliphatic carbocycles. The minimum absolute atomic E-state index is 0.0531. The molecule has 4 heteroatoms. The van der Waals surface area contributed by atoms with Crippen LogP contribution in [0, 0.1) is 6.92 Å². The van der Waals surface area contributed by atoms with Gasteiger partial charge in [0.1, 0.15) is 0 Å². The molecular weight excluding hydrogens is 228 g/mol. The Labute approximate surface area is 109 Å². The summed E-state index contributed by atoms with van der Waals surface area (Å²) in [5, 5.41) is 3.27. The van der Waals surface area contributed by atoms with Crippen molar-refractivity contribution in [2.45, 2.75) is 32.4 Å². The summed E-state index contributed by atoms with van der Waals surface area (Å²) in [4.78, 5) is 0. The summed E-state index contributed by atoms with van der Waals surface area (Å²) < 4.78 is 10.6. The van der Waals surface area contributed by atoms with Crippen LogP contribution in [-0.4, -0.2) is 26.8 Å². The summed E-state index contributed by atoms with van der Waals surface area (Å²) in [6.45, 7) is 6.06. The highest BCUT2D eigenvalue weighted by atomic mass is 16.5. The molecule has 0 radical (unpaired) electrons. The Hall–Kier alpha value is -1.26. The summed E-state index contributed by atoms with van der Waals surface area (Å²) in [5.41, 5.74) is 8.11. The lowest BCUT2D eigenvalue weighted by Crippen LogP contribution is -2.45. The fraction of sp³-hybridized carbons (Fsp3) is 0.571. The Balaban J connectivity index is 3.32. The van der Waals surface area contributed by atoms with Gasteiger partial charge < -0.3 is 20.5 Å². The molecule has 0 bridgehead atoms. The highest BCUT2D eigenvalue weighted by Gasteiger charge is 2.27. The number of hydrogen-bond acceptors (Lipinski definition) is 4. The lowest BCUT2D eigenvalue weighted by molar-refractivity contribution is 0.346. The molecule has 0 saturated carbocycles.